The fraction of sp³-hybridized carbons (Fsp3) is 0.576. The summed E-state index contributed by atoms with van der Waals surface area (Å²) in [5, 5.41) is 24.9. The summed E-state index contributed by atoms with van der Waals surface area (Å²) >= 11 is 1.59. The highest BCUT2D eigenvalue weighted by atomic mass is 32.2. The third-order valence-corrected chi connectivity index (χ3v) is 9.63. The summed E-state index contributed by atoms with van der Waals surface area (Å²) in [5.41, 5.74) is 0.812. The van der Waals surface area contributed by atoms with E-state index in [1.54, 1.807) is 36.9 Å². The summed E-state index contributed by atoms with van der Waals surface area (Å²) < 4.78 is 0. The number of phenolic OH excluding ortho intramolecular Hbond substituents is 1. The fourth-order valence-electron chi connectivity index (χ4n) is 6.31. The molecule has 0 unspecified atom stereocenters. The Morgan fingerprint density at radius 1 is 1.05 bits per heavy atom. The van der Waals surface area contributed by atoms with Crippen LogP contribution in [0.3, 0.4) is 0 Å². The predicted molar refractivity (Wildman–Crippen MR) is 162 cm³/mol. The summed E-state index contributed by atoms with van der Waals surface area (Å²) in [6.07, 6.45) is 5.36. The van der Waals surface area contributed by atoms with Crippen molar-refractivity contribution in [2.24, 2.45) is 17.3 Å². The van der Waals surface area contributed by atoms with E-state index < -0.39 is 12.1 Å². The van der Waals surface area contributed by atoms with E-state index in [1.165, 1.54) is 25.7 Å². The number of aliphatic hydroxyl groups excluding tert-OH is 1. The van der Waals surface area contributed by atoms with Gasteiger partial charge in [0.05, 0.1) is 18.2 Å². The summed E-state index contributed by atoms with van der Waals surface area (Å²) in [5.74, 6) is 1.62. The number of ketones is 1. The first-order valence-corrected chi connectivity index (χ1v) is 15.7. The van der Waals surface area contributed by atoms with E-state index in [0.717, 1.165) is 17.9 Å². The molecule has 0 radical (unpaired) electrons. The molecule has 2 fully saturated rings. The van der Waals surface area contributed by atoms with E-state index in [2.05, 4.69) is 31.0 Å². The maximum atomic E-state index is 13.6. The lowest BCUT2D eigenvalue weighted by Crippen LogP contribution is -2.57. The maximum Gasteiger partial charge on any atom is 0.252 e. The van der Waals surface area contributed by atoms with Crippen molar-refractivity contribution in [1.82, 2.24) is 10.2 Å². The molecule has 7 heteroatoms. The Morgan fingerprint density at radius 2 is 1.75 bits per heavy atom. The van der Waals surface area contributed by atoms with E-state index in [-0.39, 0.29) is 28.9 Å². The van der Waals surface area contributed by atoms with Gasteiger partial charge in [0.15, 0.2) is 0 Å². The number of benzene rings is 2. The molecule has 2 aromatic carbocycles. The number of likely N-dealkylation sites (tertiary alicyclic amines) is 1. The molecular weight excluding hydrogens is 520 g/mol. The molecule has 5 atom stereocenters. The van der Waals surface area contributed by atoms with Gasteiger partial charge in [-0.25, -0.2) is 0 Å². The number of piperidine rings is 1. The molecule has 1 amide bonds. The number of phenols is 1. The summed E-state index contributed by atoms with van der Waals surface area (Å²) in [7, 11) is 0. The standard InChI is InChI=1S/C33H46N2O4S/c1-22-26(15-10-16-29(22)36)32(39)34-27(21-40-25-13-6-5-7-14-25)31(38)20-35-19-24-12-9-8-11-23(24)17-28(35)30(37)18-33(2,3)4/h5-7,10,13-16,23-24,27-28,31,36,38H,8-9,11-12,17-21H2,1-4H3,(H,34,39)/t23-,24+,27+,28-,31+/m0/s1. The van der Waals surface area contributed by atoms with Gasteiger partial charge in [-0.2, -0.15) is 0 Å². The van der Waals surface area contributed by atoms with Crippen LogP contribution in [-0.4, -0.2) is 63.8 Å². The van der Waals surface area contributed by atoms with Crippen LogP contribution in [0.15, 0.2) is 53.4 Å². The number of rotatable bonds is 10. The van der Waals surface area contributed by atoms with Crippen LogP contribution in [0.2, 0.25) is 0 Å². The third-order valence-electron chi connectivity index (χ3n) is 8.50. The van der Waals surface area contributed by atoms with Gasteiger partial charge in [-0.15, -0.1) is 11.8 Å². The zero-order valence-corrected chi connectivity index (χ0v) is 25.3. The van der Waals surface area contributed by atoms with Gasteiger partial charge in [-0.05, 0) is 61.3 Å². The Balaban J connectivity index is 1.54. The molecule has 0 bridgehead atoms. The lowest BCUT2D eigenvalue weighted by molar-refractivity contribution is -0.130. The smallest absolute Gasteiger partial charge is 0.252 e. The minimum Gasteiger partial charge on any atom is -0.508 e. The largest absolute Gasteiger partial charge is 0.508 e. The van der Waals surface area contributed by atoms with Crippen LogP contribution in [-0.2, 0) is 4.79 Å². The van der Waals surface area contributed by atoms with E-state index in [4.69, 9.17) is 0 Å². The van der Waals surface area contributed by atoms with Crippen molar-refractivity contribution < 1.29 is 19.8 Å². The number of carbonyl (C=O) groups excluding carboxylic acids is 2. The van der Waals surface area contributed by atoms with Crippen LogP contribution in [0.25, 0.3) is 0 Å². The molecule has 6 nitrogen and oxygen atoms in total. The molecule has 40 heavy (non-hydrogen) atoms. The second kappa shape index (κ2) is 13.5. The first kappa shape index (κ1) is 30.6. The number of aliphatic hydroxyl groups is 1. The van der Waals surface area contributed by atoms with E-state index in [9.17, 15) is 19.8 Å². The number of amides is 1. The predicted octanol–water partition coefficient (Wildman–Crippen LogP) is 5.84. The molecule has 1 aliphatic heterocycles. The third kappa shape index (κ3) is 8.11. The van der Waals surface area contributed by atoms with Gasteiger partial charge in [-0.3, -0.25) is 14.5 Å². The molecule has 2 aliphatic rings. The first-order valence-electron chi connectivity index (χ1n) is 14.7. The summed E-state index contributed by atoms with van der Waals surface area (Å²) in [6, 6.07) is 14.1. The SMILES string of the molecule is Cc1c(O)cccc1C(=O)N[C@H](CSc1ccccc1)[C@H](O)CN1C[C@H]2CCCC[C@H]2C[C@H]1C(=O)CC(C)(C)C. The lowest BCUT2D eigenvalue weighted by atomic mass is 9.71. The molecule has 218 valence electrons. The minimum atomic E-state index is -0.858. The van der Waals surface area contributed by atoms with Crippen molar-refractivity contribution in [3.63, 3.8) is 0 Å². The Morgan fingerprint density at radius 3 is 2.45 bits per heavy atom. The topological polar surface area (TPSA) is 89.9 Å². The normalized spacial score (nSPS) is 23.2. The zero-order chi connectivity index (χ0) is 28.9. The summed E-state index contributed by atoms with van der Waals surface area (Å²) in [4.78, 5) is 30.2. The van der Waals surface area contributed by atoms with Gasteiger partial charge in [0.25, 0.3) is 5.91 Å². The van der Waals surface area contributed by atoms with Crippen LogP contribution in [0.1, 0.15) is 75.2 Å². The molecule has 4 rings (SSSR count). The average Bonchev–Trinajstić information content (AvgIpc) is 2.91. The van der Waals surface area contributed by atoms with Crippen molar-refractivity contribution in [1.29, 1.82) is 0 Å². The van der Waals surface area contributed by atoms with Gasteiger partial charge in [-0.1, -0.05) is 64.3 Å². The van der Waals surface area contributed by atoms with Crippen molar-refractivity contribution in [3.8, 4) is 5.75 Å². The summed E-state index contributed by atoms with van der Waals surface area (Å²) in [6.45, 7) is 9.18. The molecule has 1 heterocycles. The van der Waals surface area contributed by atoms with Crippen molar-refractivity contribution in [2.75, 3.05) is 18.8 Å². The molecule has 1 aliphatic carbocycles. The van der Waals surface area contributed by atoms with Gasteiger partial charge in [0.2, 0.25) is 0 Å². The van der Waals surface area contributed by atoms with E-state index in [1.807, 2.05) is 30.3 Å². The number of carbonyl (C=O) groups is 2. The van der Waals surface area contributed by atoms with Crippen LogP contribution in [0, 0.1) is 24.2 Å². The molecule has 3 N–H and O–H groups in total. The van der Waals surface area contributed by atoms with Crippen molar-refractivity contribution >= 4 is 23.5 Å². The van der Waals surface area contributed by atoms with Crippen molar-refractivity contribution in [3.05, 3.63) is 59.7 Å². The maximum absolute atomic E-state index is 13.6. The Kier molecular flexibility index (Phi) is 10.4. The average molecular weight is 567 g/mol. The Hall–Kier alpha value is -2.35. The number of β-amino-alcohol motifs (C(OH)–C–C–N with tert-alkyl or cyclic N) is 1. The fourth-order valence-corrected chi connectivity index (χ4v) is 7.34. The number of nitrogens with one attached hydrogen (secondary N) is 1. The monoisotopic (exact) mass is 566 g/mol. The number of thioether (sulfide) groups is 1. The number of Topliss-reactive ketones (excluding diaryl/α,β-unsaturated/α-hetero) is 1. The van der Waals surface area contributed by atoms with Gasteiger partial charge in [0.1, 0.15) is 11.5 Å². The van der Waals surface area contributed by atoms with Crippen molar-refractivity contribution in [2.45, 2.75) is 89.3 Å². The number of hydrogen-bond acceptors (Lipinski definition) is 6. The van der Waals surface area contributed by atoms with Gasteiger partial charge in [0, 0.05) is 41.3 Å². The molecule has 0 spiro atoms. The first-order chi connectivity index (χ1) is 19.0. The number of aromatic hydroxyl groups is 1. The highest BCUT2D eigenvalue weighted by Gasteiger charge is 2.41. The second-order valence-electron chi connectivity index (χ2n) is 12.9. The number of nitrogens with zero attached hydrogens (tertiary/aromatic N) is 1. The van der Waals surface area contributed by atoms with Gasteiger partial charge < -0.3 is 15.5 Å². The Bertz CT molecular complexity index is 1150. The molecule has 2 aromatic rings. The quantitative estimate of drug-likeness (QED) is 0.313. The number of fused-ring (bicyclic) bond motifs is 1. The zero-order valence-electron chi connectivity index (χ0n) is 24.4. The van der Waals surface area contributed by atoms with Crippen LogP contribution in [0.5, 0.6) is 5.75 Å². The van der Waals surface area contributed by atoms with E-state index >= 15 is 0 Å². The van der Waals surface area contributed by atoms with E-state index in [0.29, 0.717) is 41.7 Å². The lowest BCUT2D eigenvalue weighted by Gasteiger charge is -2.47. The minimum absolute atomic E-state index is 0.0685. The molecule has 0 aromatic heterocycles. The highest BCUT2D eigenvalue weighted by molar-refractivity contribution is 7.99. The molecule has 1 saturated heterocycles. The van der Waals surface area contributed by atoms with Crippen LogP contribution in [0.4, 0.5) is 0 Å². The molecular formula is C33H46N2O4S. The second-order valence-corrected chi connectivity index (χ2v) is 14.0. The highest BCUT2D eigenvalue weighted by Crippen LogP contribution is 2.40. The number of hydrogen-bond donors (Lipinski definition) is 3. The Labute approximate surface area is 243 Å². The van der Waals surface area contributed by atoms with Gasteiger partial charge >= 0.3 is 0 Å². The molecule has 1 saturated carbocycles. The van der Waals surface area contributed by atoms with Crippen LogP contribution >= 0.6 is 11.8 Å². The van der Waals surface area contributed by atoms with Crippen LogP contribution < -0.4 is 5.32 Å².